The molecule has 0 amide bonds. The molecule has 0 spiro atoms. The molecule has 0 aliphatic heterocycles. The number of aryl methyl sites for hydroxylation is 1. The molecule has 13 heavy (non-hydrogen) atoms. The van der Waals surface area contributed by atoms with Crippen molar-refractivity contribution in [1.82, 2.24) is 0 Å². The lowest BCUT2D eigenvalue weighted by Gasteiger charge is -2.03. The molecule has 3 heteroatoms. The molecule has 1 aromatic carbocycles. The Morgan fingerprint density at radius 2 is 1.54 bits per heavy atom. The van der Waals surface area contributed by atoms with Crippen LogP contribution >= 0.6 is 23.2 Å². The molecule has 0 fully saturated rings. The zero-order valence-electron chi connectivity index (χ0n) is 8.06. The van der Waals surface area contributed by atoms with Gasteiger partial charge in [-0.3, -0.25) is 0 Å². The summed E-state index contributed by atoms with van der Waals surface area (Å²) in [6.07, 6.45) is 0. The van der Waals surface area contributed by atoms with Crippen molar-refractivity contribution >= 4 is 23.2 Å². The van der Waals surface area contributed by atoms with Crippen LogP contribution in [-0.4, -0.2) is 5.11 Å². The molecule has 0 saturated carbocycles. The first-order valence-electron chi connectivity index (χ1n) is 4.20. The van der Waals surface area contributed by atoms with Gasteiger partial charge in [0.2, 0.25) is 0 Å². The third-order valence-corrected chi connectivity index (χ3v) is 2.12. The predicted octanol–water partition coefficient (Wildman–Crippen LogP) is 3.82. The van der Waals surface area contributed by atoms with E-state index in [0.29, 0.717) is 15.6 Å². The fraction of sp³-hybridized carbons (Fsp3) is 0.400. The maximum Gasteiger partial charge on any atom is 0.0711 e. The highest BCUT2D eigenvalue weighted by Gasteiger charge is 2.04. The molecule has 0 heterocycles. The van der Waals surface area contributed by atoms with Gasteiger partial charge in [0.05, 0.1) is 6.61 Å². The fourth-order valence-corrected chi connectivity index (χ4v) is 1.60. The number of aliphatic hydroxyl groups excluding tert-OH is 1. The molecule has 0 unspecified atom stereocenters. The van der Waals surface area contributed by atoms with E-state index in [1.165, 1.54) is 0 Å². The van der Waals surface area contributed by atoms with E-state index < -0.39 is 0 Å². The van der Waals surface area contributed by atoms with E-state index >= 15 is 0 Å². The number of aliphatic hydroxyl groups is 1. The minimum Gasteiger partial charge on any atom is -0.392 e. The number of hydrogen-bond donors (Lipinski definition) is 1. The van der Waals surface area contributed by atoms with Gasteiger partial charge >= 0.3 is 0 Å². The van der Waals surface area contributed by atoms with Crippen LogP contribution in [0.5, 0.6) is 0 Å². The summed E-state index contributed by atoms with van der Waals surface area (Å²) >= 11 is 11.6. The van der Waals surface area contributed by atoms with Crippen molar-refractivity contribution in [3.8, 4) is 0 Å². The van der Waals surface area contributed by atoms with Gasteiger partial charge in [0.25, 0.3) is 0 Å². The molecule has 0 aliphatic carbocycles. The predicted molar refractivity (Wildman–Crippen MR) is 58.5 cm³/mol. The van der Waals surface area contributed by atoms with E-state index in [2.05, 4.69) is 0 Å². The molecule has 0 aliphatic rings. The SMILES string of the molecule is CC.Cc1cc(Cl)c(CO)c(Cl)c1. The van der Waals surface area contributed by atoms with Gasteiger partial charge in [0, 0.05) is 15.6 Å². The lowest BCUT2D eigenvalue weighted by atomic mass is 10.1. The summed E-state index contributed by atoms with van der Waals surface area (Å²) in [7, 11) is 0. The summed E-state index contributed by atoms with van der Waals surface area (Å²) in [6, 6.07) is 3.55. The second-order valence-electron chi connectivity index (χ2n) is 2.37. The van der Waals surface area contributed by atoms with Crippen LogP contribution in [0.1, 0.15) is 25.0 Å². The Kier molecular flexibility index (Phi) is 6.13. The van der Waals surface area contributed by atoms with Gasteiger partial charge in [-0.15, -0.1) is 0 Å². The van der Waals surface area contributed by atoms with Crippen LogP contribution in [0.25, 0.3) is 0 Å². The minimum absolute atomic E-state index is 0.113. The lowest BCUT2D eigenvalue weighted by molar-refractivity contribution is 0.282. The van der Waals surface area contributed by atoms with Crippen molar-refractivity contribution in [2.75, 3.05) is 0 Å². The van der Waals surface area contributed by atoms with E-state index in [1.807, 2.05) is 20.8 Å². The minimum atomic E-state index is -0.113. The molecule has 1 nitrogen and oxygen atoms in total. The van der Waals surface area contributed by atoms with E-state index in [1.54, 1.807) is 12.1 Å². The molecule has 0 atom stereocenters. The summed E-state index contributed by atoms with van der Waals surface area (Å²) in [5.41, 5.74) is 1.59. The second kappa shape index (κ2) is 6.25. The van der Waals surface area contributed by atoms with Crippen molar-refractivity contribution in [2.45, 2.75) is 27.4 Å². The van der Waals surface area contributed by atoms with Crippen molar-refractivity contribution < 1.29 is 5.11 Å². The Bertz CT molecular complexity index is 249. The van der Waals surface area contributed by atoms with Crippen LogP contribution in [0.15, 0.2) is 12.1 Å². The van der Waals surface area contributed by atoms with Crippen LogP contribution in [0.3, 0.4) is 0 Å². The monoisotopic (exact) mass is 220 g/mol. The quantitative estimate of drug-likeness (QED) is 0.764. The Morgan fingerprint density at radius 1 is 1.15 bits per heavy atom. The number of halogens is 2. The number of benzene rings is 1. The van der Waals surface area contributed by atoms with Crippen LogP contribution in [0.2, 0.25) is 10.0 Å². The number of rotatable bonds is 1. The largest absolute Gasteiger partial charge is 0.392 e. The lowest BCUT2D eigenvalue weighted by Crippen LogP contribution is -1.87. The first-order valence-corrected chi connectivity index (χ1v) is 4.96. The van der Waals surface area contributed by atoms with Gasteiger partial charge in [-0.1, -0.05) is 37.0 Å². The number of hydrogen-bond acceptors (Lipinski definition) is 1. The molecule has 1 rings (SSSR count). The highest BCUT2D eigenvalue weighted by molar-refractivity contribution is 6.36. The molecule has 0 aromatic heterocycles. The van der Waals surface area contributed by atoms with Gasteiger partial charge in [-0.25, -0.2) is 0 Å². The first-order chi connectivity index (χ1) is 6.15. The molecular weight excluding hydrogens is 207 g/mol. The van der Waals surface area contributed by atoms with E-state index in [0.717, 1.165) is 5.56 Å². The molecule has 0 bridgehead atoms. The summed E-state index contributed by atoms with van der Waals surface area (Å²) in [5, 5.41) is 9.87. The van der Waals surface area contributed by atoms with Crippen molar-refractivity contribution in [3.05, 3.63) is 33.3 Å². The van der Waals surface area contributed by atoms with Crippen LogP contribution in [-0.2, 0) is 6.61 Å². The van der Waals surface area contributed by atoms with E-state index in [9.17, 15) is 0 Å². The Labute approximate surface area is 89.3 Å². The van der Waals surface area contributed by atoms with Gasteiger partial charge in [-0.05, 0) is 24.6 Å². The van der Waals surface area contributed by atoms with E-state index in [-0.39, 0.29) is 6.61 Å². The Balaban J connectivity index is 0.000000671. The third kappa shape index (κ3) is 3.55. The zero-order valence-corrected chi connectivity index (χ0v) is 9.58. The van der Waals surface area contributed by atoms with Gasteiger partial charge in [-0.2, -0.15) is 0 Å². The van der Waals surface area contributed by atoms with Gasteiger partial charge < -0.3 is 5.11 Å². The molecule has 1 N–H and O–H groups in total. The van der Waals surface area contributed by atoms with Crippen LogP contribution in [0, 0.1) is 6.92 Å². The highest BCUT2D eigenvalue weighted by Crippen LogP contribution is 2.25. The molecule has 0 radical (unpaired) electrons. The second-order valence-corrected chi connectivity index (χ2v) is 3.18. The topological polar surface area (TPSA) is 20.2 Å². The maximum atomic E-state index is 8.82. The van der Waals surface area contributed by atoms with Crippen LogP contribution in [0.4, 0.5) is 0 Å². The molecule has 1 aromatic rings. The molecule has 74 valence electrons. The normalized spacial score (nSPS) is 9.08. The average Bonchev–Trinajstić information content (AvgIpc) is 2.07. The highest BCUT2D eigenvalue weighted by atomic mass is 35.5. The fourth-order valence-electron chi connectivity index (χ4n) is 0.881. The first kappa shape index (κ1) is 12.8. The standard InChI is InChI=1S/C8H8Cl2O.C2H6/c1-5-2-7(9)6(4-11)8(10)3-5;1-2/h2-3,11H,4H2,1H3;1-2H3. The van der Waals surface area contributed by atoms with Gasteiger partial charge in [0.1, 0.15) is 0 Å². The maximum absolute atomic E-state index is 8.82. The summed E-state index contributed by atoms with van der Waals surface area (Å²) in [6.45, 7) is 5.79. The molecule has 0 saturated heterocycles. The van der Waals surface area contributed by atoms with Crippen molar-refractivity contribution in [2.24, 2.45) is 0 Å². The van der Waals surface area contributed by atoms with Crippen molar-refractivity contribution in [1.29, 1.82) is 0 Å². The molecular formula is C10H14Cl2O. The average molecular weight is 221 g/mol. The summed E-state index contributed by atoms with van der Waals surface area (Å²) in [4.78, 5) is 0. The Hall–Kier alpha value is -0.240. The zero-order chi connectivity index (χ0) is 10.4. The Morgan fingerprint density at radius 3 is 1.85 bits per heavy atom. The smallest absolute Gasteiger partial charge is 0.0711 e. The van der Waals surface area contributed by atoms with Crippen LogP contribution < -0.4 is 0 Å². The third-order valence-electron chi connectivity index (χ3n) is 1.44. The summed E-state index contributed by atoms with van der Waals surface area (Å²) < 4.78 is 0. The van der Waals surface area contributed by atoms with Crippen molar-refractivity contribution in [3.63, 3.8) is 0 Å². The van der Waals surface area contributed by atoms with E-state index in [4.69, 9.17) is 28.3 Å². The van der Waals surface area contributed by atoms with Gasteiger partial charge in [0.15, 0.2) is 0 Å². The summed E-state index contributed by atoms with van der Waals surface area (Å²) in [5.74, 6) is 0.